The molecule has 0 aromatic carbocycles. The average molecular weight is 162 g/mol. The van der Waals surface area contributed by atoms with Gasteiger partial charge >= 0.3 is 0 Å². The van der Waals surface area contributed by atoms with Crippen molar-refractivity contribution in [3.8, 4) is 0 Å². The Kier molecular flexibility index (Phi) is 2.63. The summed E-state index contributed by atoms with van der Waals surface area (Å²) in [6.07, 6.45) is 4.67. The van der Waals surface area contributed by atoms with Gasteiger partial charge in [-0.25, -0.2) is 15.0 Å². The molecule has 0 saturated carbocycles. The normalized spacial score (nSPS) is 10.5. The van der Waals surface area contributed by atoms with Crippen LogP contribution in [0, 0.1) is 5.41 Å². The van der Waals surface area contributed by atoms with Crippen LogP contribution in [0.4, 0.5) is 5.82 Å². The molecule has 1 N–H and O–H groups in total. The molecule has 0 fully saturated rings. The maximum atomic E-state index is 7.40. The highest BCUT2D eigenvalue weighted by Crippen LogP contribution is 2.13. The molecule has 0 aliphatic carbocycles. The zero-order valence-electron chi connectivity index (χ0n) is 7.07. The first-order valence-corrected chi connectivity index (χ1v) is 3.60. The second kappa shape index (κ2) is 3.71. The van der Waals surface area contributed by atoms with Crippen LogP contribution in [-0.4, -0.2) is 21.9 Å². The van der Waals surface area contributed by atoms with Crippen molar-refractivity contribution in [2.75, 3.05) is 0 Å². The van der Waals surface area contributed by atoms with Gasteiger partial charge in [-0.3, -0.25) is 0 Å². The molecule has 0 aliphatic heterocycles. The highest BCUT2D eigenvalue weighted by molar-refractivity contribution is 5.99. The van der Waals surface area contributed by atoms with Crippen molar-refractivity contribution in [1.82, 2.24) is 9.97 Å². The third-order valence-corrected chi connectivity index (χ3v) is 1.35. The molecule has 0 bridgehead atoms. The van der Waals surface area contributed by atoms with Gasteiger partial charge in [-0.05, 0) is 13.8 Å². The van der Waals surface area contributed by atoms with Gasteiger partial charge in [0.1, 0.15) is 6.33 Å². The van der Waals surface area contributed by atoms with E-state index >= 15 is 0 Å². The van der Waals surface area contributed by atoms with Crippen LogP contribution in [0.1, 0.15) is 19.4 Å². The lowest BCUT2D eigenvalue weighted by molar-refractivity contribution is 1.14. The minimum Gasteiger partial charge on any atom is -0.305 e. The first-order valence-electron chi connectivity index (χ1n) is 3.60. The number of hydrogen-bond donors (Lipinski definition) is 1. The third kappa shape index (κ3) is 1.72. The van der Waals surface area contributed by atoms with Crippen molar-refractivity contribution in [1.29, 1.82) is 5.41 Å². The van der Waals surface area contributed by atoms with Crippen LogP contribution in [0.2, 0.25) is 0 Å². The topological polar surface area (TPSA) is 62.0 Å². The molecule has 12 heavy (non-hydrogen) atoms. The van der Waals surface area contributed by atoms with Crippen LogP contribution < -0.4 is 0 Å². The van der Waals surface area contributed by atoms with Gasteiger partial charge in [0, 0.05) is 18.1 Å². The molecular formula is C8H10N4. The van der Waals surface area contributed by atoms with Gasteiger partial charge < -0.3 is 5.41 Å². The molecule has 0 radical (unpaired) electrons. The highest BCUT2D eigenvalue weighted by Gasteiger charge is 2.02. The van der Waals surface area contributed by atoms with E-state index in [2.05, 4.69) is 15.0 Å². The van der Waals surface area contributed by atoms with Gasteiger partial charge in [0.2, 0.25) is 0 Å². The molecule has 4 heteroatoms. The summed E-state index contributed by atoms with van der Waals surface area (Å²) in [7, 11) is 0. The van der Waals surface area contributed by atoms with E-state index in [4.69, 9.17) is 5.41 Å². The maximum Gasteiger partial charge on any atom is 0.163 e. The summed E-state index contributed by atoms with van der Waals surface area (Å²) in [4.78, 5) is 11.8. The van der Waals surface area contributed by atoms with E-state index in [0.29, 0.717) is 17.1 Å². The lowest BCUT2D eigenvalue weighted by Gasteiger charge is -1.99. The fraction of sp³-hybridized carbons (Fsp3) is 0.250. The number of nitrogens with zero attached hydrogens (tertiary/aromatic N) is 3. The Morgan fingerprint density at radius 1 is 1.67 bits per heavy atom. The molecule has 4 nitrogen and oxygen atoms in total. The smallest absolute Gasteiger partial charge is 0.163 e. The summed E-state index contributed by atoms with van der Waals surface area (Å²) in [5.41, 5.74) is 1.10. The first-order chi connectivity index (χ1) is 5.75. The van der Waals surface area contributed by atoms with E-state index in [0.717, 1.165) is 0 Å². The number of nitrogens with one attached hydrogen (secondary N) is 1. The van der Waals surface area contributed by atoms with Crippen LogP contribution in [0.25, 0.3) is 0 Å². The summed E-state index contributed by atoms with van der Waals surface area (Å²) in [5.74, 6) is 0.556. The summed E-state index contributed by atoms with van der Waals surface area (Å²) < 4.78 is 0. The zero-order valence-corrected chi connectivity index (χ0v) is 7.07. The maximum absolute atomic E-state index is 7.40. The van der Waals surface area contributed by atoms with E-state index < -0.39 is 0 Å². The van der Waals surface area contributed by atoms with Gasteiger partial charge in [0.05, 0.1) is 5.56 Å². The third-order valence-electron chi connectivity index (χ3n) is 1.35. The second-order valence-corrected chi connectivity index (χ2v) is 2.27. The molecular weight excluding hydrogens is 152 g/mol. The van der Waals surface area contributed by atoms with Crippen LogP contribution in [0.3, 0.4) is 0 Å². The zero-order chi connectivity index (χ0) is 8.97. The van der Waals surface area contributed by atoms with Gasteiger partial charge in [-0.1, -0.05) is 0 Å². The summed E-state index contributed by atoms with van der Waals surface area (Å²) in [6.45, 7) is 3.50. The molecule has 0 amide bonds. The van der Waals surface area contributed by atoms with Crippen molar-refractivity contribution in [3.63, 3.8) is 0 Å². The Bertz CT molecular complexity index is 317. The fourth-order valence-corrected chi connectivity index (χ4v) is 0.813. The second-order valence-electron chi connectivity index (χ2n) is 2.27. The first kappa shape index (κ1) is 8.52. The van der Waals surface area contributed by atoms with Crippen LogP contribution in [0.15, 0.2) is 17.5 Å². The van der Waals surface area contributed by atoms with Gasteiger partial charge in [-0.15, -0.1) is 0 Å². The van der Waals surface area contributed by atoms with Crippen LogP contribution in [0.5, 0.6) is 0 Å². The molecule has 0 aliphatic rings. The molecule has 1 heterocycles. The molecule has 62 valence electrons. The lowest BCUT2D eigenvalue weighted by atomic mass is 10.2. The fourth-order valence-electron chi connectivity index (χ4n) is 0.813. The van der Waals surface area contributed by atoms with E-state index in [1.165, 1.54) is 6.33 Å². The number of rotatable bonds is 2. The Morgan fingerprint density at radius 2 is 2.42 bits per heavy atom. The van der Waals surface area contributed by atoms with Gasteiger partial charge in [-0.2, -0.15) is 0 Å². The highest BCUT2D eigenvalue weighted by atomic mass is 14.9. The minimum absolute atomic E-state index is 0.427. The van der Waals surface area contributed by atoms with Gasteiger partial charge in [0.15, 0.2) is 5.82 Å². The van der Waals surface area contributed by atoms with E-state index in [9.17, 15) is 0 Å². The molecule has 0 saturated heterocycles. The monoisotopic (exact) mass is 162 g/mol. The van der Waals surface area contributed by atoms with Crippen LogP contribution in [-0.2, 0) is 0 Å². The average Bonchev–Trinajstić information content (AvgIpc) is 2.05. The largest absolute Gasteiger partial charge is 0.305 e. The molecule has 0 spiro atoms. The Hall–Kier alpha value is -1.58. The van der Waals surface area contributed by atoms with Gasteiger partial charge in [0.25, 0.3) is 0 Å². The van der Waals surface area contributed by atoms with Crippen LogP contribution >= 0.6 is 0 Å². The summed E-state index contributed by atoms with van der Waals surface area (Å²) >= 11 is 0. The predicted octanol–water partition coefficient (Wildman–Crippen LogP) is 1.59. The Labute approximate surface area is 70.9 Å². The molecule has 1 aromatic heterocycles. The van der Waals surface area contributed by atoms with E-state index in [1.807, 2.05) is 6.92 Å². The predicted molar refractivity (Wildman–Crippen MR) is 48.4 cm³/mol. The Morgan fingerprint density at radius 3 is 3.00 bits per heavy atom. The number of aromatic nitrogens is 2. The minimum atomic E-state index is 0.427. The number of aliphatic imine (C=N–C) groups is 1. The standard InChI is InChI=1S/C8H10N4/c1-3-11-8-7(6(2)9)4-10-5-12-8/h3-5,9H,1-2H3/b9-6?,11-3-. The quantitative estimate of drug-likeness (QED) is 0.671. The molecule has 0 unspecified atom stereocenters. The van der Waals surface area contributed by atoms with Crippen molar-refractivity contribution < 1.29 is 0 Å². The molecule has 0 atom stereocenters. The van der Waals surface area contributed by atoms with Crippen molar-refractivity contribution in [3.05, 3.63) is 18.1 Å². The lowest BCUT2D eigenvalue weighted by Crippen LogP contribution is -1.95. The van der Waals surface area contributed by atoms with E-state index in [1.54, 1.807) is 19.3 Å². The number of hydrogen-bond acceptors (Lipinski definition) is 4. The summed E-state index contributed by atoms with van der Waals surface area (Å²) in [5, 5.41) is 7.40. The summed E-state index contributed by atoms with van der Waals surface area (Å²) in [6, 6.07) is 0. The molecule has 1 rings (SSSR count). The Balaban J connectivity index is 3.17. The van der Waals surface area contributed by atoms with E-state index in [-0.39, 0.29) is 0 Å². The van der Waals surface area contributed by atoms with Crippen molar-refractivity contribution in [2.24, 2.45) is 4.99 Å². The van der Waals surface area contributed by atoms with Crippen molar-refractivity contribution >= 4 is 17.7 Å². The SMILES string of the molecule is C/C=N\c1ncncc1C(C)=N. The molecule has 1 aromatic rings. The van der Waals surface area contributed by atoms with Crippen molar-refractivity contribution in [2.45, 2.75) is 13.8 Å².